The number of fused-ring (bicyclic) bond motifs is 1. The smallest absolute Gasteiger partial charge is 0.285 e. The van der Waals surface area contributed by atoms with Crippen molar-refractivity contribution in [3.05, 3.63) is 100 Å². The number of rotatable bonds is 7. The van der Waals surface area contributed by atoms with Crippen LogP contribution in [0.15, 0.2) is 83.3 Å². The lowest BCUT2D eigenvalue weighted by atomic mass is 10.1. The number of hydrogen-bond donors (Lipinski definition) is 0. The Morgan fingerprint density at radius 3 is 2.03 bits per heavy atom. The maximum absolute atomic E-state index is 13.3. The van der Waals surface area contributed by atoms with Gasteiger partial charge in [0.15, 0.2) is 11.9 Å². The average Bonchev–Trinajstić information content (AvgIpc) is 3.04. The Morgan fingerprint density at radius 2 is 1.45 bits per heavy atom. The molecule has 1 atom stereocenters. The van der Waals surface area contributed by atoms with Gasteiger partial charge in [0.1, 0.15) is 0 Å². The Hall–Kier alpha value is -3.29. The highest BCUT2D eigenvalue weighted by atomic mass is 79.9. The van der Waals surface area contributed by atoms with Gasteiger partial charge in [-0.2, -0.15) is 0 Å². The van der Waals surface area contributed by atoms with E-state index in [0.717, 1.165) is 10.2 Å². The second kappa shape index (κ2) is 8.83. The molecule has 2 amide bonds. The van der Waals surface area contributed by atoms with Crippen molar-refractivity contribution in [2.45, 2.75) is 6.10 Å². The number of Topliss-reactive ketones (excluding diaryl/α,β-unsaturated/α-hetero) is 1. The Labute approximate surface area is 188 Å². The Morgan fingerprint density at radius 1 is 0.903 bits per heavy atom. The number of benzene rings is 3. The van der Waals surface area contributed by atoms with Gasteiger partial charge >= 0.3 is 0 Å². The summed E-state index contributed by atoms with van der Waals surface area (Å²) in [6.45, 7) is 0.145. The lowest BCUT2D eigenvalue weighted by Gasteiger charge is -2.27. The number of anilines is 1. The standard InChI is InChI=1S/C24H19BrN2O4/c1-26(18-7-3-2-4-8-18)15-21(22(28)16-11-13-17(25)14-12-16)31-27-23(29)19-9-5-6-10-20(19)24(27)30/h2-14,21H,15H2,1H3. The van der Waals surface area contributed by atoms with Gasteiger partial charge in [-0.25, -0.2) is 4.84 Å². The van der Waals surface area contributed by atoms with Crippen LogP contribution in [0.3, 0.4) is 0 Å². The molecule has 0 fully saturated rings. The van der Waals surface area contributed by atoms with Crippen LogP contribution in [-0.4, -0.2) is 42.4 Å². The van der Waals surface area contributed by atoms with Crippen molar-refractivity contribution in [3.8, 4) is 0 Å². The van der Waals surface area contributed by atoms with Crippen LogP contribution in [0.1, 0.15) is 31.1 Å². The summed E-state index contributed by atoms with van der Waals surface area (Å²) >= 11 is 3.36. The molecular weight excluding hydrogens is 460 g/mol. The second-order valence-electron chi connectivity index (χ2n) is 7.13. The first-order valence-corrected chi connectivity index (χ1v) is 10.5. The normalized spacial score (nSPS) is 13.8. The van der Waals surface area contributed by atoms with Crippen molar-refractivity contribution in [1.82, 2.24) is 5.06 Å². The molecule has 0 spiro atoms. The molecule has 0 radical (unpaired) electrons. The zero-order chi connectivity index (χ0) is 22.0. The van der Waals surface area contributed by atoms with Gasteiger partial charge in [-0.05, 0) is 36.4 Å². The van der Waals surface area contributed by atoms with E-state index < -0.39 is 17.9 Å². The topological polar surface area (TPSA) is 66.9 Å². The molecule has 7 heteroatoms. The molecule has 1 aliphatic heterocycles. The lowest BCUT2D eigenvalue weighted by molar-refractivity contribution is -0.114. The van der Waals surface area contributed by atoms with Gasteiger partial charge in [0.25, 0.3) is 11.8 Å². The molecule has 1 aliphatic rings. The van der Waals surface area contributed by atoms with Crippen LogP contribution < -0.4 is 4.90 Å². The molecule has 0 saturated carbocycles. The molecule has 0 aliphatic carbocycles. The number of ketones is 1. The number of halogens is 1. The quantitative estimate of drug-likeness (QED) is 0.372. The first-order chi connectivity index (χ1) is 15.0. The molecule has 3 aromatic carbocycles. The van der Waals surface area contributed by atoms with Crippen molar-refractivity contribution in [2.75, 3.05) is 18.5 Å². The number of likely N-dealkylation sites (N-methyl/N-ethyl adjacent to an activating group) is 1. The van der Waals surface area contributed by atoms with Crippen LogP contribution in [0.25, 0.3) is 0 Å². The number of para-hydroxylation sites is 1. The maximum Gasteiger partial charge on any atom is 0.285 e. The first kappa shape index (κ1) is 21.0. The second-order valence-corrected chi connectivity index (χ2v) is 8.05. The van der Waals surface area contributed by atoms with Crippen molar-refractivity contribution < 1.29 is 19.2 Å². The van der Waals surface area contributed by atoms with E-state index in [4.69, 9.17) is 4.84 Å². The minimum absolute atomic E-state index is 0.145. The summed E-state index contributed by atoms with van der Waals surface area (Å²) in [5.74, 6) is -1.47. The van der Waals surface area contributed by atoms with Gasteiger partial charge in [-0.1, -0.05) is 58.4 Å². The van der Waals surface area contributed by atoms with Gasteiger partial charge in [0, 0.05) is 22.8 Å². The highest BCUT2D eigenvalue weighted by Gasteiger charge is 2.39. The van der Waals surface area contributed by atoms with E-state index >= 15 is 0 Å². The minimum Gasteiger partial charge on any atom is -0.371 e. The Bertz CT molecular complexity index is 1100. The molecular formula is C24H19BrN2O4. The van der Waals surface area contributed by atoms with Crippen LogP contribution in [0, 0.1) is 0 Å². The van der Waals surface area contributed by atoms with Crippen molar-refractivity contribution in [2.24, 2.45) is 0 Å². The number of amides is 2. The predicted molar refractivity (Wildman–Crippen MR) is 120 cm³/mol. The highest BCUT2D eigenvalue weighted by Crippen LogP contribution is 2.25. The first-order valence-electron chi connectivity index (χ1n) is 9.66. The van der Waals surface area contributed by atoms with Crippen LogP contribution >= 0.6 is 15.9 Å². The van der Waals surface area contributed by atoms with Gasteiger partial charge in [0.05, 0.1) is 17.7 Å². The maximum atomic E-state index is 13.3. The molecule has 6 nitrogen and oxygen atoms in total. The van der Waals surface area contributed by atoms with Crippen molar-refractivity contribution in [3.63, 3.8) is 0 Å². The van der Waals surface area contributed by atoms with Gasteiger partial charge in [-0.3, -0.25) is 14.4 Å². The molecule has 1 unspecified atom stereocenters. The number of hydrogen-bond acceptors (Lipinski definition) is 5. The number of carbonyl (C=O) groups is 3. The predicted octanol–water partition coefficient (Wildman–Crippen LogP) is 4.36. The zero-order valence-corrected chi connectivity index (χ0v) is 18.3. The third-order valence-corrected chi connectivity index (χ3v) is 5.58. The summed E-state index contributed by atoms with van der Waals surface area (Å²) in [5.41, 5.74) is 1.82. The number of hydroxylamine groups is 2. The summed E-state index contributed by atoms with van der Waals surface area (Å²) in [6.07, 6.45) is -1.08. The van der Waals surface area contributed by atoms with Crippen LogP contribution in [0.5, 0.6) is 0 Å². The average molecular weight is 479 g/mol. The molecule has 3 aromatic rings. The summed E-state index contributed by atoms with van der Waals surface area (Å²) < 4.78 is 0.836. The fraction of sp³-hybridized carbons (Fsp3) is 0.125. The van der Waals surface area contributed by atoms with Gasteiger partial charge in [-0.15, -0.1) is 5.06 Å². The van der Waals surface area contributed by atoms with E-state index in [-0.39, 0.29) is 23.5 Å². The van der Waals surface area contributed by atoms with E-state index in [1.54, 1.807) is 48.5 Å². The Kier molecular flexibility index (Phi) is 5.97. The van der Waals surface area contributed by atoms with Crippen LogP contribution in [0.4, 0.5) is 5.69 Å². The van der Waals surface area contributed by atoms with E-state index in [2.05, 4.69) is 15.9 Å². The Balaban J connectivity index is 1.62. The summed E-state index contributed by atoms with van der Waals surface area (Å²) in [4.78, 5) is 46.4. The van der Waals surface area contributed by atoms with E-state index in [1.165, 1.54) is 0 Å². The van der Waals surface area contributed by atoms with Crippen molar-refractivity contribution >= 4 is 39.2 Å². The fourth-order valence-corrected chi connectivity index (χ4v) is 3.66. The van der Waals surface area contributed by atoms with Crippen molar-refractivity contribution in [1.29, 1.82) is 0 Å². The molecule has 0 saturated heterocycles. The lowest BCUT2D eigenvalue weighted by Crippen LogP contribution is -2.44. The van der Waals surface area contributed by atoms with Crippen LogP contribution in [0.2, 0.25) is 0 Å². The van der Waals surface area contributed by atoms with E-state index in [1.807, 2.05) is 42.3 Å². The highest BCUT2D eigenvalue weighted by molar-refractivity contribution is 9.10. The molecule has 0 aromatic heterocycles. The molecule has 0 N–H and O–H groups in total. The molecule has 4 rings (SSSR count). The minimum atomic E-state index is -1.08. The summed E-state index contributed by atoms with van der Waals surface area (Å²) in [6, 6.07) is 22.9. The van der Waals surface area contributed by atoms with Gasteiger partial charge < -0.3 is 4.90 Å². The number of carbonyl (C=O) groups excluding carboxylic acids is 3. The largest absolute Gasteiger partial charge is 0.371 e. The molecule has 156 valence electrons. The monoisotopic (exact) mass is 478 g/mol. The number of imide groups is 1. The van der Waals surface area contributed by atoms with Gasteiger partial charge in [0.2, 0.25) is 0 Å². The molecule has 31 heavy (non-hydrogen) atoms. The summed E-state index contributed by atoms with van der Waals surface area (Å²) in [5, 5.41) is 0.699. The van der Waals surface area contributed by atoms with E-state index in [9.17, 15) is 14.4 Å². The van der Waals surface area contributed by atoms with Crippen LogP contribution in [-0.2, 0) is 4.84 Å². The SMILES string of the molecule is CN(CC(ON1C(=O)c2ccccc2C1=O)C(=O)c1ccc(Br)cc1)c1ccccc1. The fourth-order valence-electron chi connectivity index (χ4n) is 3.39. The van der Waals surface area contributed by atoms with E-state index in [0.29, 0.717) is 10.6 Å². The molecule has 0 bridgehead atoms. The number of nitrogens with zero attached hydrogens (tertiary/aromatic N) is 2. The third-order valence-electron chi connectivity index (χ3n) is 5.05. The zero-order valence-electron chi connectivity index (χ0n) is 16.7. The molecule has 1 heterocycles. The summed E-state index contributed by atoms with van der Waals surface area (Å²) in [7, 11) is 1.82. The third kappa shape index (κ3) is 4.28.